The van der Waals surface area contributed by atoms with Gasteiger partial charge in [-0.15, -0.1) is 0 Å². The van der Waals surface area contributed by atoms with Crippen LogP contribution in [0.5, 0.6) is 0 Å². The highest BCUT2D eigenvalue weighted by atomic mass is 16.3. The van der Waals surface area contributed by atoms with Gasteiger partial charge in [0.1, 0.15) is 0 Å². The molecule has 1 aromatic carbocycles. The Morgan fingerprint density at radius 1 is 1.13 bits per heavy atom. The van der Waals surface area contributed by atoms with Crippen molar-refractivity contribution in [3.63, 3.8) is 0 Å². The van der Waals surface area contributed by atoms with Gasteiger partial charge in [0, 0.05) is 0 Å². The average molecular weight is 206 g/mol. The minimum absolute atomic E-state index is 0.632. The summed E-state index contributed by atoms with van der Waals surface area (Å²) in [6.07, 6.45) is 2.63. The fourth-order valence-electron chi connectivity index (χ4n) is 1.97. The molecule has 1 heteroatoms. The third kappa shape index (κ3) is 2.60. The fraction of sp³-hybridized carbons (Fsp3) is 0.571. The molecule has 0 aliphatic carbocycles. The van der Waals surface area contributed by atoms with Crippen molar-refractivity contribution in [1.29, 1.82) is 0 Å². The summed E-state index contributed by atoms with van der Waals surface area (Å²) < 4.78 is 0. The molecule has 1 rings (SSSR count). The van der Waals surface area contributed by atoms with Gasteiger partial charge in [0.05, 0.1) is 5.60 Å². The van der Waals surface area contributed by atoms with Gasteiger partial charge in [0.2, 0.25) is 0 Å². The second-order valence-electron chi connectivity index (χ2n) is 4.43. The predicted octanol–water partition coefficient (Wildman–Crippen LogP) is 3.70. The van der Waals surface area contributed by atoms with E-state index in [4.69, 9.17) is 0 Å². The van der Waals surface area contributed by atoms with Crippen molar-refractivity contribution in [3.8, 4) is 0 Å². The summed E-state index contributed by atoms with van der Waals surface area (Å²) >= 11 is 0. The van der Waals surface area contributed by atoms with E-state index in [-0.39, 0.29) is 0 Å². The van der Waals surface area contributed by atoms with E-state index in [1.807, 2.05) is 6.92 Å². The first-order valence-electron chi connectivity index (χ1n) is 5.83. The second-order valence-corrected chi connectivity index (χ2v) is 4.43. The fourth-order valence-corrected chi connectivity index (χ4v) is 1.97. The van der Waals surface area contributed by atoms with Crippen LogP contribution < -0.4 is 0 Å². The Labute approximate surface area is 93.1 Å². The van der Waals surface area contributed by atoms with Gasteiger partial charge >= 0.3 is 0 Å². The van der Waals surface area contributed by atoms with E-state index in [1.165, 1.54) is 11.1 Å². The monoisotopic (exact) mass is 206 g/mol. The zero-order chi connectivity index (χ0) is 11.5. The van der Waals surface area contributed by atoms with E-state index in [0.29, 0.717) is 0 Å². The molecule has 0 aliphatic rings. The summed E-state index contributed by atoms with van der Waals surface area (Å²) in [5.41, 5.74) is 2.98. The van der Waals surface area contributed by atoms with Crippen molar-refractivity contribution in [2.24, 2.45) is 0 Å². The number of rotatable bonds is 4. The highest BCUT2D eigenvalue weighted by Gasteiger charge is 2.25. The molecule has 1 atom stereocenters. The molecule has 1 nitrogen and oxygen atoms in total. The lowest BCUT2D eigenvalue weighted by Gasteiger charge is -2.27. The van der Waals surface area contributed by atoms with Crippen molar-refractivity contribution < 1.29 is 5.11 Å². The van der Waals surface area contributed by atoms with E-state index in [9.17, 15) is 5.11 Å². The molecule has 1 aromatic rings. The zero-order valence-electron chi connectivity index (χ0n) is 10.3. The van der Waals surface area contributed by atoms with Gasteiger partial charge in [-0.25, -0.2) is 0 Å². The van der Waals surface area contributed by atoms with E-state index < -0.39 is 5.60 Å². The Kier molecular flexibility index (Phi) is 3.92. The van der Waals surface area contributed by atoms with Crippen LogP contribution in [0.15, 0.2) is 18.2 Å². The molecule has 1 unspecified atom stereocenters. The molecule has 0 saturated heterocycles. The topological polar surface area (TPSA) is 20.2 Å². The van der Waals surface area contributed by atoms with Gasteiger partial charge in [-0.05, 0) is 43.4 Å². The van der Waals surface area contributed by atoms with Crippen LogP contribution >= 0.6 is 0 Å². The Morgan fingerprint density at radius 2 is 1.80 bits per heavy atom. The summed E-state index contributed by atoms with van der Waals surface area (Å²) in [4.78, 5) is 0. The number of benzene rings is 1. The van der Waals surface area contributed by atoms with Gasteiger partial charge in [-0.1, -0.05) is 38.5 Å². The average Bonchev–Trinajstić information content (AvgIpc) is 2.22. The Morgan fingerprint density at radius 3 is 2.27 bits per heavy atom. The lowest BCUT2D eigenvalue weighted by molar-refractivity contribution is 0.0225. The first-order chi connectivity index (χ1) is 7.03. The van der Waals surface area contributed by atoms with Crippen molar-refractivity contribution in [1.82, 2.24) is 0 Å². The summed E-state index contributed by atoms with van der Waals surface area (Å²) in [5, 5.41) is 10.5. The molecule has 0 fully saturated rings. The molecular formula is C14H22O. The van der Waals surface area contributed by atoms with Crippen LogP contribution in [0, 0.1) is 13.8 Å². The molecule has 1 N–H and O–H groups in total. The third-order valence-corrected chi connectivity index (χ3v) is 3.29. The summed E-state index contributed by atoms with van der Waals surface area (Å²) in [5.74, 6) is 0. The maximum Gasteiger partial charge on any atom is 0.0893 e. The zero-order valence-corrected chi connectivity index (χ0v) is 10.3. The third-order valence-electron chi connectivity index (χ3n) is 3.29. The number of aliphatic hydroxyl groups is 1. The van der Waals surface area contributed by atoms with E-state index >= 15 is 0 Å². The minimum Gasteiger partial charge on any atom is -0.385 e. The molecule has 0 amide bonds. The lowest BCUT2D eigenvalue weighted by atomic mass is 9.85. The van der Waals surface area contributed by atoms with Gasteiger partial charge < -0.3 is 5.11 Å². The highest BCUT2D eigenvalue weighted by Crippen LogP contribution is 2.30. The summed E-state index contributed by atoms with van der Waals surface area (Å²) in [7, 11) is 0. The molecular weight excluding hydrogens is 184 g/mol. The number of aryl methyl sites for hydroxylation is 2. The smallest absolute Gasteiger partial charge is 0.0893 e. The van der Waals surface area contributed by atoms with Crippen molar-refractivity contribution in [3.05, 3.63) is 34.9 Å². The lowest BCUT2D eigenvalue weighted by Crippen LogP contribution is -2.24. The SMILES string of the molecule is CCCC(O)(CC)c1ccc(C)c(C)c1. The van der Waals surface area contributed by atoms with Gasteiger partial charge in [-0.3, -0.25) is 0 Å². The van der Waals surface area contributed by atoms with Crippen molar-refractivity contribution >= 4 is 0 Å². The van der Waals surface area contributed by atoms with E-state index in [1.54, 1.807) is 0 Å². The second kappa shape index (κ2) is 4.80. The van der Waals surface area contributed by atoms with Crippen LogP contribution in [0.4, 0.5) is 0 Å². The largest absolute Gasteiger partial charge is 0.385 e. The molecule has 15 heavy (non-hydrogen) atoms. The quantitative estimate of drug-likeness (QED) is 0.796. The first kappa shape index (κ1) is 12.3. The van der Waals surface area contributed by atoms with Gasteiger partial charge in [0.15, 0.2) is 0 Å². The van der Waals surface area contributed by atoms with Crippen molar-refractivity contribution in [2.75, 3.05) is 0 Å². The van der Waals surface area contributed by atoms with Crippen LogP contribution in [0.25, 0.3) is 0 Å². The molecule has 0 saturated carbocycles. The summed E-state index contributed by atoms with van der Waals surface area (Å²) in [6.45, 7) is 8.36. The maximum absolute atomic E-state index is 10.5. The van der Waals surface area contributed by atoms with Gasteiger partial charge in [0.25, 0.3) is 0 Å². The molecule has 0 heterocycles. The number of hydrogen-bond donors (Lipinski definition) is 1. The molecule has 0 aliphatic heterocycles. The molecule has 0 bridgehead atoms. The highest BCUT2D eigenvalue weighted by molar-refractivity contribution is 5.33. The molecule has 0 spiro atoms. The molecule has 0 aromatic heterocycles. The number of hydrogen-bond acceptors (Lipinski definition) is 1. The van der Waals surface area contributed by atoms with Crippen LogP contribution in [-0.2, 0) is 5.60 Å². The van der Waals surface area contributed by atoms with Crippen LogP contribution in [0.1, 0.15) is 49.8 Å². The Balaban J connectivity index is 3.07. The molecule has 84 valence electrons. The van der Waals surface area contributed by atoms with Crippen LogP contribution in [0.2, 0.25) is 0 Å². The minimum atomic E-state index is -0.632. The maximum atomic E-state index is 10.5. The van der Waals surface area contributed by atoms with E-state index in [0.717, 1.165) is 24.8 Å². The summed E-state index contributed by atoms with van der Waals surface area (Å²) in [6, 6.07) is 6.27. The Hall–Kier alpha value is -0.820. The Bertz CT molecular complexity index is 330. The standard InChI is InChI=1S/C14H22O/c1-5-9-14(15,6-2)13-8-7-11(3)12(4)10-13/h7-8,10,15H,5-6,9H2,1-4H3. The van der Waals surface area contributed by atoms with E-state index in [2.05, 4.69) is 39.0 Å². The predicted molar refractivity (Wildman–Crippen MR) is 65.0 cm³/mol. The normalized spacial score (nSPS) is 15.0. The van der Waals surface area contributed by atoms with Crippen LogP contribution in [-0.4, -0.2) is 5.11 Å². The first-order valence-corrected chi connectivity index (χ1v) is 5.83. The van der Waals surface area contributed by atoms with Gasteiger partial charge in [-0.2, -0.15) is 0 Å². The molecule has 0 radical (unpaired) electrons. The van der Waals surface area contributed by atoms with Crippen molar-refractivity contribution in [2.45, 2.75) is 52.6 Å². The van der Waals surface area contributed by atoms with Crippen LogP contribution in [0.3, 0.4) is 0 Å².